The Morgan fingerprint density at radius 2 is 1.41 bits per heavy atom. The Morgan fingerprint density at radius 3 is 2.00 bits per heavy atom. The number of urea groups is 1. The lowest BCUT2D eigenvalue weighted by Gasteiger charge is -2.10. The van der Waals surface area contributed by atoms with E-state index in [1.54, 1.807) is 36.0 Å². The second-order valence-corrected chi connectivity index (χ2v) is 5.45. The van der Waals surface area contributed by atoms with E-state index in [0.29, 0.717) is 11.4 Å². The van der Waals surface area contributed by atoms with Crippen molar-refractivity contribution in [3.8, 4) is 0 Å². The largest absolute Gasteiger partial charge is 0.326 e. The minimum absolute atomic E-state index is 0.157. The van der Waals surface area contributed by atoms with Gasteiger partial charge in [-0.15, -0.1) is 11.8 Å². The Balaban J connectivity index is 2.00. The summed E-state index contributed by atoms with van der Waals surface area (Å²) in [4.78, 5) is 24.1. The number of nitrogens with one attached hydrogen (secondary N) is 3. The highest BCUT2D eigenvalue weighted by molar-refractivity contribution is 7.98. The predicted octanol–water partition coefficient (Wildman–Crippen LogP) is 4.01. The van der Waals surface area contributed by atoms with Gasteiger partial charge < -0.3 is 16.0 Å². The molecule has 0 bridgehead atoms. The van der Waals surface area contributed by atoms with E-state index in [0.717, 1.165) is 10.6 Å². The molecule has 0 aliphatic heterocycles. The van der Waals surface area contributed by atoms with Crippen LogP contribution in [0.15, 0.2) is 53.4 Å². The summed E-state index contributed by atoms with van der Waals surface area (Å²) in [6.45, 7) is 1.44. The highest BCUT2D eigenvalue weighted by Gasteiger charge is 2.04. The van der Waals surface area contributed by atoms with Gasteiger partial charge in [0.2, 0.25) is 5.91 Å². The van der Waals surface area contributed by atoms with Crippen molar-refractivity contribution >= 4 is 40.8 Å². The molecule has 2 rings (SSSR count). The zero-order valence-electron chi connectivity index (χ0n) is 12.3. The van der Waals surface area contributed by atoms with E-state index in [2.05, 4.69) is 16.0 Å². The first kappa shape index (κ1) is 15.9. The van der Waals surface area contributed by atoms with Gasteiger partial charge in [0.1, 0.15) is 0 Å². The molecule has 2 aromatic carbocycles. The van der Waals surface area contributed by atoms with E-state index < -0.39 is 0 Å². The smallest absolute Gasteiger partial charge is 0.323 e. The summed E-state index contributed by atoms with van der Waals surface area (Å²) in [6, 6.07) is 14.2. The average molecular weight is 315 g/mol. The highest BCUT2D eigenvalue weighted by Crippen LogP contribution is 2.19. The molecule has 6 heteroatoms. The molecule has 0 atom stereocenters. The molecule has 5 nitrogen and oxygen atoms in total. The zero-order valence-corrected chi connectivity index (χ0v) is 13.2. The first-order chi connectivity index (χ1) is 10.6. The molecule has 0 heterocycles. The molecule has 0 unspecified atom stereocenters. The summed E-state index contributed by atoms with van der Waals surface area (Å²) >= 11 is 1.61. The number of hydrogen-bond acceptors (Lipinski definition) is 3. The molecule has 0 radical (unpaired) electrons. The van der Waals surface area contributed by atoms with E-state index in [-0.39, 0.29) is 11.9 Å². The van der Waals surface area contributed by atoms with Gasteiger partial charge in [-0.2, -0.15) is 0 Å². The van der Waals surface area contributed by atoms with E-state index in [1.807, 2.05) is 30.5 Å². The van der Waals surface area contributed by atoms with Gasteiger partial charge in [0.05, 0.1) is 0 Å². The lowest BCUT2D eigenvalue weighted by atomic mass is 10.2. The average Bonchev–Trinajstić information content (AvgIpc) is 2.47. The molecule has 0 aromatic heterocycles. The van der Waals surface area contributed by atoms with Crippen LogP contribution in [0.5, 0.6) is 0 Å². The molecule has 0 fully saturated rings. The van der Waals surface area contributed by atoms with Crippen molar-refractivity contribution in [2.75, 3.05) is 22.2 Å². The van der Waals surface area contributed by atoms with Gasteiger partial charge in [0, 0.05) is 28.9 Å². The minimum atomic E-state index is -0.335. The number of benzene rings is 2. The fourth-order valence-corrected chi connectivity index (χ4v) is 2.33. The summed E-state index contributed by atoms with van der Waals surface area (Å²) in [6.07, 6.45) is 1.98. The predicted molar refractivity (Wildman–Crippen MR) is 91.6 cm³/mol. The third-order valence-electron chi connectivity index (χ3n) is 2.77. The molecule has 0 saturated heterocycles. The van der Waals surface area contributed by atoms with Crippen LogP contribution in [0.25, 0.3) is 0 Å². The van der Waals surface area contributed by atoms with Crippen LogP contribution in [0, 0.1) is 0 Å². The Bertz CT molecular complexity index is 689. The highest BCUT2D eigenvalue weighted by atomic mass is 32.2. The standard InChI is InChI=1S/C16H17N3O2S/c1-11(20)17-12-5-3-6-13(9-12)18-16(21)19-14-7-4-8-15(10-14)22-2/h3-10H,1-2H3,(H,17,20)(H2,18,19,21). The van der Waals surface area contributed by atoms with Crippen LogP contribution in [0.2, 0.25) is 0 Å². The molecule has 0 saturated carbocycles. The topological polar surface area (TPSA) is 70.2 Å². The van der Waals surface area contributed by atoms with Crippen LogP contribution in [0.3, 0.4) is 0 Å². The number of carbonyl (C=O) groups is 2. The molecule has 3 amide bonds. The van der Waals surface area contributed by atoms with Crippen molar-refractivity contribution in [1.29, 1.82) is 0 Å². The van der Waals surface area contributed by atoms with Crippen LogP contribution in [-0.4, -0.2) is 18.2 Å². The minimum Gasteiger partial charge on any atom is -0.326 e. The summed E-state index contributed by atoms with van der Waals surface area (Å²) in [5.74, 6) is -0.157. The van der Waals surface area contributed by atoms with E-state index >= 15 is 0 Å². The Kier molecular flexibility index (Phi) is 5.43. The molecule has 0 spiro atoms. The van der Waals surface area contributed by atoms with E-state index in [4.69, 9.17) is 0 Å². The van der Waals surface area contributed by atoms with Crippen LogP contribution < -0.4 is 16.0 Å². The molecule has 3 N–H and O–H groups in total. The van der Waals surface area contributed by atoms with Gasteiger partial charge in [-0.25, -0.2) is 4.79 Å². The quantitative estimate of drug-likeness (QED) is 0.747. The molecule has 114 valence electrons. The Hall–Kier alpha value is -2.47. The molecule has 0 aliphatic carbocycles. The summed E-state index contributed by atoms with van der Waals surface area (Å²) in [5, 5.41) is 8.18. The van der Waals surface area contributed by atoms with Gasteiger partial charge in [0.15, 0.2) is 0 Å². The number of carbonyl (C=O) groups excluding carboxylic acids is 2. The maximum Gasteiger partial charge on any atom is 0.323 e. The third kappa shape index (κ3) is 4.82. The van der Waals surface area contributed by atoms with E-state index in [9.17, 15) is 9.59 Å². The Morgan fingerprint density at radius 1 is 0.864 bits per heavy atom. The number of amides is 3. The molecule has 22 heavy (non-hydrogen) atoms. The van der Waals surface area contributed by atoms with Crippen molar-refractivity contribution in [3.63, 3.8) is 0 Å². The van der Waals surface area contributed by atoms with Crippen molar-refractivity contribution in [1.82, 2.24) is 0 Å². The van der Waals surface area contributed by atoms with Crippen molar-refractivity contribution in [2.45, 2.75) is 11.8 Å². The Labute approximate surface area is 133 Å². The lowest BCUT2D eigenvalue weighted by Crippen LogP contribution is -2.19. The lowest BCUT2D eigenvalue weighted by molar-refractivity contribution is -0.114. The summed E-state index contributed by atoms with van der Waals surface area (Å²) < 4.78 is 0. The number of rotatable bonds is 4. The SMILES string of the molecule is CSc1cccc(NC(=O)Nc2cccc(NC(C)=O)c2)c1. The van der Waals surface area contributed by atoms with Gasteiger partial charge >= 0.3 is 6.03 Å². The summed E-state index contributed by atoms with van der Waals surface area (Å²) in [7, 11) is 0. The van der Waals surface area contributed by atoms with Crippen LogP contribution in [0.4, 0.5) is 21.9 Å². The second kappa shape index (κ2) is 7.51. The van der Waals surface area contributed by atoms with Crippen LogP contribution in [-0.2, 0) is 4.79 Å². The van der Waals surface area contributed by atoms with Crippen molar-refractivity contribution < 1.29 is 9.59 Å². The first-order valence-corrected chi connectivity index (χ1v) is 7.89. The van der Waals surface area contributed by atoms with Gasteiger partial charge in [0.25, 0.3) is 0 Å². The number of thioether (sulfide) groups is 1. The van der Waals surface area contributed by atoms with Gasteiger partial charge in [-0.1, -0.05) is 12.1 Å². The number of anilines is 3. The maximum absolute atomic E-state index is 12.0. The molecular weight excluding hydrogens is 298 g/mol. The van der Waals surface area contributed by atoms with Crippen LogP contribution >= 0.6 is 11.8 Å². The monoisotopic (exact) mass is 315 g/mol. The van der Waals surface area contributed by atoms with Crippen LogP contribution in [0.1, 0.15) is 6.92 Å². The van der Waals surface area contributed by atoms with Crippen molar-refractivity contribution in [2.24, 2.45) is 0 Å². The molecule has 2 aromatic rings. The first-order valence-electron chi connectivity index (χ1n) is 6.66. The normalized spacial score (nSPS) is 9.91. The van der Waals surface area contributed by atoms with Gasteiger partial charge in [-0.05, 0) is 42.7 Å². The van der Waals surface area contributed by atoms with E-state index in [1.165, 1.54) is 6.92 Å². The maximum atomic E-state index is 12.0. The van der Waals surface area contributed by atoms with Crippen molar-refractivity contribution in [3.05, 3.63) is 48.5 Å². The van der Waals surface area contributed by atoms with Gasteiger partial charge in [-0.3, -0.25) is 4.79 Å². The fourth-order valence-electron chi connectivity index (χ4n) is 1.87. The summed E-state index contributed by atoms with van der Waals surface area (Å²) in [5.41, 5.74) is 1.96. The third-order valence-corrected chi connectivity index (χ3v) is 3.49. The zero-order chi connectivity index (χ0) is 15.9. The fraction of sp³-hybridized carbons (Fsp3) is 0.125. The molecule has 0 aliphatic rings. The molecular formula is C16H17N3O2S. The second-order valence-electron chi connectivity index (χ2n) is 4.57. The number of hydrogen-bond donors (Lipinski definition) is 3.